The quantitative estimate of drug-likeness (QED) is 0.722. The van der Waals surface area contributed by atoms with Gasteiger partial charge in [-0.3, -0.25) is 14.3 Å². The third-order valence-corrected chi connectivity index (χ3v) is 5.65. The SMILES string of the molecule is Cc1cccc(CN2CCCn3nc(C(=O)NCc4cccs4)cc3C2=O)c1. The van der Waals surface area contributed by atoms with E-state index in [1.165, 1.54) is 5.56 Å². The predicted octanol–water partition coefficient (Wildman–Crippen LogP) is 3.23. The molecule has 0 saturated carbocycles. The van der Waals surface area contributed by atoms with Crippen molar-refractivity contribution in [2.45, 2.75) is 33.0 Å². The van der Waals surface area contributed by atoms with E-state index in [0.29, 0.717) is 31.9 Å². The molecular weight excluding hydrogens is 372 g/mol. The minimum Gasteiger partial charge on any atom is -0.346 e. The Balaban J connectivity index is 1.49. The van der Waals surface area contributed by atoms with E-state index < -0.39 is 0 Å². The van der Waals surface area contributed by atoms with Gasteiger partial charge < -0.3 is 10.2 Å². The van der Waals surface area contributed by atoms with E-state index in [-0.39, 0.29) is 17.5 Å². The van der Waals surface area contributed by atoms with Crippen molar-refractivity contribution in [3.8, 4) is 0 Å². The maximum atomic E-state index is 13.0. The number of rotatable bonds is 5. The number of hydrogen-bond acceptors (Lipinski definition) is 4. The molecule has 0 aliphatic carbocycles. The highest BCUT2D eigenvalue weighted by atomic mass is 32.1. The van der Waals surface area contributed by atoms with Gasteiger partial charge in [-0.25, -0.2) is 0 Å². The van der Waals surface area contributed by atoms with Gasteiger partial charge in [0.2, 0.25) is 0 Å². The van der Waals surface area contributed by atoms with E-state index in [2.05, 4.69) is 16.5 Å². The molecule has 0 radical (unpaired) electrons. The maximum Gasteiger partial charge on any atom is 0.272 e. The third kappa shape index (κ3) is 3.99. The van der Waals surface area contributed by atoms with Crippen LogP contribution in [0.25, 0.3) is 0 Å². The van der Waals surface area contributed by atoms with Crippen LogP contribution in [0, 0.1) is 6.92 Å². The minimum absolute atomic E-state index is 0.0798. The standard InChI is InChI=1S/C21H22N4O2S/c1-15-5-2-6-16(11-15)14-24-8-4-9-25-19(21(24)27)12-18(23-25)20(26)22-13-17-7-3-10-28-17/h2-3,5-7,10-12H,4,8-9,13-14H2,1H3,(H,22,26). The lowest BCUT2D eigenvalue weighted by atomic mass is 10.1. The number of benzene rings is 1. The van der Waals surface area contributed by atoms with Crippen LogP contribution < -0.4 is 5.32 Å². The van der Waals surface area contributed by atoms with Gasteiger partial charge in [0.25, 0.3) is 11.8 Å². The molecule has 0 spiro atoms. The summed E-state index contributed by atoms with van der Waals surface area (Å²) >= 11 is 1.59. The molecule has 1 aliphatic rings. The molecular formula is C21H22N4O2S. The molecule has 0 saturated heterocycles. The average molecular weight is 395 g/mol. The maximum absolute atomic E-state index is 13.0. The van der Waals surface area contributed by atoms with Gasteiger partial charge in [-0.1, -0.05) is 35.9 Å². The van der Waals surface area contributed by atoms with Crippen molar-refractivity contribution in [2.24, 2.45) is 0 Å². The molecule has 1 aromatic carbocycles. The van der Waals surface area contributed by atoms with Crippen molar-refractivity contribution in [1.29, 1.82) is 0 Å². The third-order valence-electron chi connectivity index (χ3n) is 4.78. The van der Waals surface area contributed by atoms with Crippen molar-refractivity contribution in [1.82, 2.24) is 20.0 Å². The van der Waals surface area contributed by atoms with Gasteiger partial charge in [0, 0.05) is 30.6 Å². The first kappa shape index (κ1) is 18.4. The largest absolute Gasteiger partial charge is 0.346 e. The van der Waals surface area contributed by atoms with Crippen molar-refractivity contribution < 1.29 is 9.59 Å². The second kappa shape index (κ2) is 7.98. The van der Waals surface area contributed by atoms with Gasteiger partial charge in [0.15, 0.2) is 5.69 Å². The lowest BCUT2D eigenvalue weighted by Gasteiger charge is -2.20. The molecule has 144 valence electrons. The molecule has 2 amide bonds. The van der Waals surface area contributed by atoms with Gasteiger partial charge in [-0.15, -0.1) is 11.3 Å². The first-order chi connectivity index (χ1) is 13.6. The molecule has 3 heterocycles. The highest BCUT2D eigenvalue weighted by molar-refractivity contribution is 7.09. The van der Waals surface area contributed by atoms with Crippen LogP contribution in [0.4, 0.5) is 0 Å². The topological polar surface area (TPSA) is 67.2 Å². The van der Waals surface area contributed by atoms with Crippen LogP contribution in [-0.4, -0.2) is 33.0 Å². The summed E-state index contributed by atoms with van der Waals surface area (Å²) in [6.45, 7) is 4.38. The first-order valence-electron chi connectivity index (χ1n) is 9.33. The summed E-state index contributed by atoms with van der Waals surface area (Å²) in [4.78, 5) is 28.4. The molecule has 0 unspecified atom stereocenters. The zero-order chi connectivity index (χ0) is 19.5. The predicted molar refractivity (Wildman–Crippen MR) is 108 cm³/mol. The number of thiophene rings is 1. The molecule has 7 heteroatoms. The Morgan fingerprint density at radius 3 is 2.89 bits per heavy atom. The van der Waals surface area contributed by atoms with Crippen LogP contribution in [0.3, 0.4) is 0 Å². The van der Waals surface area contributed by atoms with Crippen LogP contribution in [0.15, 0.2) is 47.8 Å². The lowest BCUT2D eigenvalue weighted by molar-refractivity contribution is 0.0745. The molecule has 4 rings (SSSR count). The van der Waals surface area contributed by atoms with Crippen molar-refractivity contribution >= 4 is 23.2 Å². The molecule has 0 atom stereocenters. The Morgan fingerprint density at radius 2 is 2.11 bits per heavy atom. The van der Waals surface area contributed by atoms with Crippen LogP contribution in [0.2, 0.25) is 0 Å². The lowest BCUT2D eigenvalue weighted by Crippen LogP contribution is -2.30. The molecule has 28 heavy (non-hydrogen) atoms. The summed E-state index contributed by atoms with van der Waals surface area (Å²) < 4.78 is 1.67. The van der Waals surface area contributed by atoms with Crippen LogP contribution in [-0.2, 0) is 19.6 Å². The van der Waals surface area contributed by atoms with Gasteiger partial charge in [0.1, 0.15) is 5.69 Å². The smallest absolute Gasteiger partial charge is 0.272 e. The molecule has 0 bridgehead atoms. The second-order valence-corrected chi connectivity index (χ2v) is 8.00. The number of hydrogen-bond donors (Lipinski definition) is 1. The Kier molecular flexibility index (Phi) is 5.25. The Labute approximate surface area is 167 Å². The average Bonchev–Trinajstić information content (AvgIpc) is 3.32. The van der Waals surface area contributed by atoms with Gasteiger partial charge in [-0.05, 0) is 30.4 Å². The highest BCUT2D eigenvalue weighted by Crippen LogP contribution is 2.17. The Hall–Kier alpha value is -2.93. The van der Waals surface area contributed by atoms with Crippen molar-refractivity contribution in [3.05, 3.63) is 75.2 Å². The fraction of sp³-hybridized carbons (Fsp3) is 0.286. The van der Waals surface area contributed by atoms with Crippen LogP contribution in [0.5, 0.6) is 0 Å². The van der Waals surface area contributed by atoms with Gasteiger partial charge in [-0.2, -0.15) is 5.10 Å². The molecule has 0 fully saturated rings. The first-order valence-corrected chi connectivity index (χ1v) is 10.2. The summed E-state index contributed by atoms with van der Waals surface area (Å²) in [5.74, 6) is -0.337. The monoisotopic (exact) mass is 394 g/mol. The highest BCUT2D eigenvalue weighted by Gasteiger charge is 2.26. The number of aryl methyl sites for hydroxylation is 2. The summed E-state index contributed by atoms with van der Waals surface area (Å²) in [6.07, 6.45) is 0.808. The summed E-state index contributed by atoms with van der Waals surface area (Å²) in [6, 6.07) is 13.7. The number of aromatic nitrogens is 2. The molecule has 1 aliphatic heterocycles. The van der Waals surface area contributed by atoms with E-state index in [1.54, 1.807) is 22.1 Å². The number of nitrogens with one attached hydrogen (secondary N) is 1. The number of fused-ring (bicyclic) bond motifs is 1. The fourth-order valence-corrected chi connectivity index (χ4v) is 4.04. The summed E-state index contributed by atoms with van der Waals surface area (Å²) in [5, 5.41) is 9.22. The summed E-state index contributed by atoms with van der Waals surface area (Å²) in [5.41, 5.74) is 3.05. The number of nitrogens with zero attached hydrogens (tertiary/aromatic N) is 3. The van der Waals surface area contributed by atoms with E-state index >= 15 is 0 Å². The number of carbonyl (C=O) groups is 2. The molecule has 3 aromatic rings. The minimum atomic E-state index is -0.257. The van der Waals surface area contributed by atoms with Crippen LogP contribution in [0.1, 0.15) is 43.4 Å². The Bertz CT molecular complexity index is 994. The van der Waals surface area contributed by atoms with Crippen molar-refractivity contribution in [2.75, 3.05) is 6.54 Å². The molecule has 6 nitrogen and oxygen atoms in total. The van der Waals surface area contributed by atoms with Gasteiger partial charge in [0.05, 0.1) is 6.54 Å². The number of carbonyl (C=O) groups excluding carboxylic acids is 2. The van der Waals surface area contributed by atoms with Crippen molar-refractivity contribution in [3.63, 3.8) is 0 Å². The van der Waals surface area contributed by atoms with E-state index in [9.17, 15) is 9.59 Å². The van der Waals surface area contributed by atoms with Gasteiger partial charge >= 0.3 is 0 Å². The van der Waals surface area contributed by atoms with E-state index in [0.717, 1.165) is 16.9 Å². The second-order valence-electron chi connectivity index (χ2n) is 6.97. The fourth-order valence-electron chi connectivity index (χ4n) is 3.40. The summed E-state index contributed by atoms with van der Waals surface area (Å²) in [7, 11) is 0. The normalized spacial score (nSPS) is 13.9. The zero-order valence-corrected chi connectivity index (χ0v) is 16.5. The van der Waals surface area contributed by atoms with Crippen LogP contribution >= 0.6 is 11.3 Å². The number of amides is 2. The zero-order valence-electron chi connectivity index (χ0n) is 15.7. The molecule has 2 aromatic heterocycles. The molecule has 1 N–H and O–H groups in total. The Morgan fingerprint density at radius 1 is 1.21 bits per heavy atom. The van der Waals surface area contributed by atoms with E-state index in [4.69, 9.17) is 0 Å². The van der Waals surface area contributed by atoms with E-state index in [1.807, 2.05) is 47.5 Å².